The fourth-order valence-corrected chi connectivity index (χ4v) is 4.95. The third-order valence-corrected chi connectivity index (χ3v) is 6.75. The fourth-order valence-electron chi connectivity index (χ4n) is 4.06. The Hall–Kier alpha value is -1.95. The van der Waals surface area contributed by atoms with Crippen LogP contribution in [0.4, 0.5) is 5.82 Å². The zero-order chi connectivity index (χ0) is 20.4. The summed E-state index contributed by atoms with van der Waals surface area (Å²) < 4.78 is 1.28. The molecule has 29 heavy (non-hydrogen) atoms. The summed E-state index contributed by atoms with van der Waals surface area (Å²) >= 11 is 1.78. The summed E-state index contributed by atoms with van der Waals surface area (Å²) in [6, 6.07) is 12.7. The number of benzene rings is 1. The van der Waals surface area contributed by atoms with E-state index in [4.69, 9.17) is 4.98 Å². The molecule has 0 spiro atoms. The molecule has 0 saturated carbocycles. The molecule has 3 heterocycles. The van der Waals surface area contributed by atoms with Crippen LogP contribution < -0.4 is 4.90 Å². The van der Waals surface area contributed by atoms with Crippen LogP contribution in [-0.4, -0.2) is 47.7 Å². The molecule has 1 unspecified atom stereocenters. The van der Waals surface area contributed by atoms with Gasteiger partial charge in [0.05, 0.1) is 16.5 Å². The lowest BCUT2D eigenvalue weighted by atomic mass is 9.98. The molecular formula is C24H31N3OS. The Morgan fingerprint density at radius 1 is 1.07 bits per heavy atom. The van der Waals surface area contributed by atoms with E-state index in [2.05, 4.69) is 60.2 Å². The summed E-state index contributed by atoms with van der Waals surface area (Å²) in [7, 11) is 0. The molecule has 0 amide bonds. The summed E-state index contributed by atoms with van der Waals surface area (Å²) in [5, 5.41) is 13.8. The lowest BCUT2D eigenvalue weighted by Gasteiger charge is -2.35. The fraction of sp³-hybridized carbons (Fsp3) is 0.458. The molecule has 1 aliphatic heterocycles. The van der Waals surface area contributed by atoms with Gasteiger partial charge in [0.1, 0.15) is 5.82 Å². The Labute approximate surface area is 177 Å². The van der Waals surface area contributed by atoms with E-state index in [0.29, 0.717) is 5.92 Å². The van der Waals surface area contributed by atoms with Crippen LogP contribution >= 0.6 is 11.3 Å². The van der Waals surface area contributed by atoms with Gasteiger partial charge >= 0.3 is 0 Å². The van der Waals surface area contributed by atoms with Gasteiger partial charge in [-0.05, 0) is 47.3 Å². The number of aromatic nitrogens is 1. The van der Waals surface area contributed by atoms with Crippen molar-refractivity contribution < 1.29 is 5.11 Å². The highest BCUT2D eigenvalue weighted by Gasteiger charge is 2.20. The van der Waals surface area contributed by atoms with E-state index < -0.39 is 6.10 Å². The van der Waals surface area contributed by atoms with Crippen molar-refractivity contribution in [1.29, 1.82) is 0 Å². The van der Waals surface area contributed by atoms with Gasteiger partial charge < -0.3 is 14.9 Å². The van der Waals surface area contributed by atoms with Gasteiger partial charge in [-0.25, -0.2) is 4.98 Å². The van der Waals surface area contributed by atoms with Crippen molar-refractivity contribution in [2.75, 3.05) is 37.6 Å². The lowest BCUT2D eigenvalue weighted by Crippen LogP contribution is -2.46. The lowest BCUT2D eigenvalue weighted by molar-refractivity contribution is 0.151. The van der Waals surface area contributed by atoms with Crippen LogP contribution in [0.2, 0.25) is 0 Å². The monoisotopic (exact) mass is 409 g/mol. The Kier molecular flexibility index (Phi) is 6.18. The number of aliphatic hydroxyl groups is 1. The quantitative estimate of drug-likeness (QED) is 0.608. The molecule has 1 atom stereocenters. The number of piperazine rings is 1. The number of fused-ring (bicyclic) bond motifs is 1. The number of pyridine rings is 1. The second-order valence-corrected chi connectivity index (χ2v) is 9.27. The second-order valence-electron chi connectivity index (χ2n) is 8.36. The summed E-state index contributed by atoms with van der Waals surface area (Å²) in [5.74, 6) is 1.59. The molecule has 1 aromatic carbocycles. The largest absolute Gasteiger partial charge is 0.388 e. The minimum absolute atomic E-state index is 0.401. The normalized spacial score (nSPS) is 16.7. The maximum Gasteiger partial charge on any atom is 0.147 e. The van der Waals surface area contributed by atoms with Crippen LogP contribution in [0.15, 0.2) is 41.8 Å². The highest BCUT2D eigenvalue weighted by atomic mass is 32.1. The third-order valence-electron chi connectivity index (χ3n) is 5.82. The van der Waals surface area contributed by atoms with E-state index >= 15 is 0 Å². The number of aliphatic hydroxyl groups excluding tert-OH is 1. The van der Waals surface area contributed by atoms with Crippen molar-refractivity contribution in [3.63, 3.8) is 0 Å². The molecule has 3 aromatic rings. The van der Waals surface area contributed by atoms with Gasteiger partial charge in [-0.1, -0.05) is 45.0 Å². The number of anilines is 1. The van der Waals surface area contributed by atoms with E-state index in [0.717, 1.165) is 61.8 Å². The minimum atomic E-state index is -0.401. The first kappa shape index (κ1) is 20.3. The molecule has 0 radical (unpaired) electrons. The molecule has 1 aliphatic rings. The van der Waals surface area contributed by atoms with Gasteiger partial charge in [0.25, 0.3) is 0 Å². The summed E-state index contributed by atoms with van der Waals surface area (Å²) in [6.07, 6.45) is 0.383. The van der Waals surface area contributed by atoms with Crippen LogP contribution in [0.1, 0.15) is 38.9 Å². The molecule has 1 saturated heterocycles. The van der Waals surface area contributed by atoms with Crippen molar-refractivity contribution in [3.05, 3.63) is 47.3 Å². The molecule has 0 bridgehead atoms. The maximum absolute atomic E-state index is 10.4. The van der Waals surface area contributed by atoms with Gasteiger partial charge in [-0.15, -0.1) is 11.3 Å². The minimum Gasteiger partial charge on any atom is -0.388 e. The van der Waals surface area contributed by atoms with Crippen molar-refractivity contribution in [2.45, 2.75) is 33.3 Å². The van der Waals surface area contributed by atoms with E-state index in [1.54, 1.807) is 11.3 Å². The molecule has 1 fully saturated rings. The van der Waals surface area contributed by atoms with Crippen LogP contribution in [0.5, 0.6) is 0 Å². The van der Waals surface area contributed by atoms with Gasteiger partial charge in [0.2, 0.25) is 0 Å². The number of hydrogen-bond acceptors (Lipinski definition) is 5. The molecule has 154 valence electrons. The molecule has 5 heteroatoms. The van der Waals surface area contributed by atoms with Gasteiger partial charge in [-0.2, -0.15) is 0 Å². The topological polar surface area (TPSA) is 39.6 Å². The number of rotatable bonds is 6. The second kappa shape index (κ2) is 8.82. The van der Waals surface area contributed by atoms with E-state index in [9.17, 15) is 5.11 Å². The number of thiophene rings is 1. The first-order valence-electron chi connectivity index (χ1n) is 10.7. The Morgan fingerprint density at radius 3 is 2.45 bits per heavy atom. The Morgan fingerprint density at radius 2 is 1.79 bits per heavy atom. The Balaban J connectivity index is 1.63. The summed E-state index contributed by atoms with van der Waals surface area (Å²) in [5.41, 5.74) is 3.09. The first-order chi connectivity index (χ1) is 14.0. The van der Waals surface area contributed by atoms with Gasteiger partial charge in [0, 0.05) is 31.7 Å². The smallest absolute Gasteiger partial charge is 0.147 e. The van der Waals surface area contributed by atoms with Crippen molar-refractivity contribution in [1.82, 2.24) is 9.88 Å². The van der Waals surface area contributed by atoms with E-state index in [-0.39, 0.29) is 0 Å². The zero-order valence-corrected chi connectivity index (χ0v) is 18.5. The first-order valence-corrected chi connectivity index (χ1v) is 11.6. The molecule has 0 aliphatic carbocycles. The van der Waals surface area contributed by atoms with Crippen molar-refractivity contribution >= 4 is 27.2 Å². The van der Waals surface area contributed by atoms with Crippen molar-refractivity contribution in [3.8, 4) is 11.3 Å². The summed E-state index contributed by atoms with van der Waals surface area (Å²) in [6.45, 7) is 11.9. The van der Waals surface area contributed by atoms with Crippen molar-refractivity contribution in [2.24, 2.45) is 5.92 Å². The SMILES string of the molecule is CCN1CCN(c2nc(-c3ccc(C(O)CC(C)C)cc3)cc3ccsc23)CC1. The van der Waals surface area contributed by atoms with Crippen LogP contribution in [0.3, 0.4) is 0 Å². The van der Waals surface area contributed by atoms with Crippen LogP contribution in [-0.2, 0) is 0 Å². The zero-order valence-electron chi connectivity index (χ0n) is 17.6. The van der Waals surface area contributed by atoms with E-state index in [1.165, 1.54) is 10.1 Å². The highest BCUT2D eigenvalue weighted by molar-refractivity contribution is 7.17. The number of likely N-dealkylation sites (N-methyl/N-ethyl adjacent to an activating group) is 1. The molecule has 2 aromatic heterocycles. The molecule has 1 N–H and O–H groups in total. The maximum atomic E-state index is 10.4. The number of nitrogens with zero attached hydrogens (tertiary/aromatic N) is 3. The van der Waals surface area contributed by atoms with Gasteiger partial charge in [-0.3, -0.25) is 0 Å². The molecular weight excluding hydrogens is 378 g/mol. The molecule has 4 nitrogen and oxygen atoms in total. The molecule has 4 rings (SSSR count). The predicted molar refractivity (Wildman–Crippen MR) is 124 cm³/mol. The number of hydrogen-bond donors (Lipinski definition) is 1. The third kappa shape index (κ3) is 4.47. The van der Waals surface area contributed by atoms with Crippen LogP contribution in [0.25, 0.3) is 21.3 Å². The standard InChI is InChI=1S/C24H31N3OS/c1-4-26-10-12-27(13-11-26)24-23-20(9-14-29-23)16-21(25-24)18-5-7-19(8-6-18)22(28)15-17(2)3/h5-9,14,16-17,22,28H,4,10-13,15H2,1-3H3. The van der Waals surface area contributed by atoms with Crippen LogP contribution in [0, 0.1) is 5.92 Å². The predicted octanol–water partition coefficient (Wildman–Crippen LogP) is 5.18. The average molecular weight is 410 g/mol. The van der Waals surface area contributed by atoms with E-state index in [1.807, 2.05) is 12.1 Å². The average Bonchev–Trinajstić information content (AvgIpc) is 3.21. The highest BCUT2D eigenvalue weighted by Crippen LogP contribution is 2.34. The summed E-state index contributed by atoms with van der Waals surface area (Å²) in [4.78, 5) is 10.0. The Bertz CT molecular complexity index is 942. The van der Waals surface area contributed by atoms with Gasteiger partial charge in [0.15, 0.2) is 0 Å².